The number of benzene rings is 3. The molecule has 3 rings (SSSR count). The Morgan fingerprint density at radius 2 is 1.53 bits per heavy atom. The van der Waals surface area contributed by atoms with E-state index in [-0.39, 0.29) is 34.7 Å². The minimum Gasteiger partial charge on any atom is -0.497 e. The molecule has 0 saturated carbocycles. The molecule has 0 aliphatic rings. The standard InChI is InChI=1S/C30H37N3O8S2/c1-4-6-29(32)22-11-9-21(10-12-22)7-5-8-30(34)41-42(35,36)20-23-13-14-28(15-24(23)19-31)43(37,38)33-25-16-26(39-2)18-27(17-25)40-3/h9-18,32-33H,4-8,19-20,31H2,1-3H3. The zero-order valence-electron chi connectivity index (χ0n) is 24.4. The number of hydrogen-bond acceptors (Lipinski definition) is 10. The molecule has 0 saturated heterocycles. The lowest BCUT2D eigenvalue weighted by Gasteiger charge is -2.14. The summed E-state index contributed by atoms with van der Waals surface area (Å²) in [5.41, 5.74) is 8.88. The van der Waals surface area contributed by atoms with Gasteiger partial charge >= 0.3 is 16.1 Å². The zero-order chi connectivity index (χ0) is 31.6. The third kappa shape index (κ3) is 9.80. The lowest BCUT2D eigenvalue weighted by Crippen LogP contribution is -2.17. The zero-order valence-corrected chi connectivity index (χ0v) is 26.0. The second-order valence-electron chi connectivity index (χ2n) is 9.78. The van der Waals surface area contributed by atoms with Crippen LogP contribution in [-0.4, -0.2) is 42.7 Å². The van der Waals surface area contributed by atoms with Gasteiger partial charge in [-0.1, -0.05) is 43.7 Å². The van der Waals surface area contributed by atoms with Gasteiger partial charge in [0.05, 0.1) is 24.8 Å². The van der Waals surface area contributed by atoms with Crippen LogP contribution in [0, 0.1) is 5.41 Å². The topological polar surface area (TPSA) is 175 Å². The molecule has 3 aromatic rings. The summed E-state index contributed by atoms with van der Waals surface area (Å²) in [5.74, 6) is -0.772. The average molecular weight is 632 g/mol. The van der Waals surface area contributed by atoms with Crippen LogP contribution in [0.3, 0.4) is 0 Å². The van der Waals surface area contributed by atoms with Crippen molar-refractivity contribution in [1.29, 1.82) is 5.41 Å². The molecule has 13 heteroatoms. The number of sulfonamides is 1. The van der Waals surface area contributed by atoms with Crippen molar-refractivity contribution in [3.05, 3.63) is 82.9 Å². The first-order valence-corrected chi connectivity index (χ1v) is 16.6. The third-order valence-corrected chi connectivity index (χ3v) is 9.00. The molecular weight excluding hydrogens is 594 g/mol. The minimum absolute atomic E-state index is 0.103. The van der Waals surface area contributed by atoms with Gasteiger partial charge in [0, 0.05) is 36.9 Å². The van der Waals surface area contributed by atoms with Crippen molar-refractivity contribution in [2.75, 3.05) is 18.9 Å². The largest absolute Gasteiger partial charge is 0.497 e. The molecule has 3 aromatic carbocycles. The monoisotopic (exact) mass is 631 g/mol. The maximum absolute atomic E-state index is 13.1. The molecule has 11 nitrogen and oxygen atoms in total. The summed E-state index contributed by atoms with van der Waals surface area (Å²) < 4.78 is 69.0. The molecule has 0 fully saturated rings. The predicted molar refractivity (Wildman–Crippen MR) is 165 cm³/mol. The lowest BCUT2D eigenvalue weighted by molar-refractivity contribution is -0.133. The Morgan fingerprint density at radius 3 is 2.12 bits per heavy atom. The SMILES string of the molecule is CCCC(=N)c1ccc(CCCC(=O)OS(=O)(=O)Cc2ccc(S(=O)(=O)Nc3cc(OC)cc(OC)c3)cc2CN)cc1. The molecule has 0 aliphatic carbocycles. The van der Waals surface area contributed by atoms with Crippen LogP contribution in [0.25, 0.3) is 0 Å². The molecule has 0 unspecified atom stereocenters. The van der Waals surface area contributed by atoms with E-state index >= 15 is 0 Å². The number of carbonyl (C=O) groups is 1. The summed E-state index contributed by atoms with van der Waals surface area (Å²) in [4.78, 5) is 12.2. The van der Waals surface area contributed by atoms with Crippen molar-refractivity contribution >= 4 is 37.5 Å². The van der Waals surface area contributed by atoms with Crippen molar-refractivity contribution in [1.82, 2.24) is 0 Å². The number of hydrogen-bond donors (Lipinski definition) is 3. The van der Waals surface area contributed by atoms with Crippen LogP contribution < -0.4 is 19.9 Å². The summed E-state index contributed by atoms with van der Waals surface area (Å²) in [5, 5.41) is 8.03. The Balaban J connectivity index is 1.61. The van der Waals surface area contributed by atoms with E-state index in [0.29, 0.717) is 36.5 Å². The molecule has 0 atom stereocenters. The van der Waals surface area contributed by atoms with E-state index < -0.39 is 31.9 Å². The molecule has 0 heterocycles. The van der Waals surface area contributed by atoms with Gasteiger partial charge < -0.3 is 24.8 Å². The molecule has 4 N–H and O–H groups in total. The minimum atomic E-state index is -4.32. The average Bonchev–Trinajstić information content (AvgIpc) is 2.96. The molecule has 0 radical (unpaired) electrons. The maximum atomic E-state index is 13.1. The van der Waals surface area contributed by atoms with Crippen LogP contribution in [0.15, 0.2) is 65.6 Å². The molecule has 0 aliphatic heterocycles. The first-order chi connectivity index (χ1) is 20.4. The molecule has 0 aromatic heterocycles. The van der Waals surface area contributed by atoms with Crippen molar-refractivity contribution in [3.8, 4) is 11.5 Å². The smallest absolute Gasteiger partial charge is 0.322 e. The third-order valence-electron chi connectivity index (χ3n) is 6.51. The summed E-state index contributed by atoms with van der Waals surface area (Å²) in [6.07, 6.45) is 2.42. The van der Waals surface area contributed by atoms with Crippen LogP contribution in [0.1, 0.15) is 54.9 Å². The number of nitrogens with one attached hydrogen (secondary N) is 2. The van der Waals surface area contributed by atoms with Gasteiger partial charge in [-0.05, 0) is 53.6 Å². The Morgan fingerprint density at radius 1 is 0.884 bits per heavy atom. The maximum Gasteiger partial charge on any atom is 0.322 e. The van der Waals surface area contributed by atoms with E-state index in [1.54, 1.807) is 6.07 Å². The van der Waals surface area contributed by atoms with Crippen LogP contribution in [0.4, 0.5) is 5.69 Å². The fourth-order valence-corrected chi connectivity index (χ4v) is 6.47. The summed E-state index contributed by atoms with van der Waals surface area (Å²) in [7, 11) is -5.52. The number of aryl methyl sites for hydroxylation is 1. The molecule has 232 valence electrons. The van der Waals surface area contributed by atoms with Crippen LogP contribution in [0.2, 0.25) is 0 Å². The van der Waals surface area contributed by atoms with E-state index in [4.69, 9.17) is 24.8 Å². The van der Waals surface area contributed by atoms with Gasteiger partial charge in [0.25, 0.3) is 10.0 Å². The van der Waals surface area contributed by atoms with Gasteiger partial charge in [0.1, 0.15) is 17.3 Å². The summed E-state index contributed by atoms with van der Waals surface area (Å²) >= 11 is 0. The Bertz CT molecular complexity index is 1630. The van der Waals surface area contributed by atoms with Crippen LogP contribution in [0.5, 0.6) is 11.5 Å². The summed E-state index contributed by atoms with van der Waals surface area (Å²) in [6, 6.07) is 15.9. The van der Waals surface area contributed by atoms with E-state index in [1.165, 1.54) is 44.6 Å². The van der Waals surface area contributed by atoms with Crippen molar-refractivity contribution in [3.63, 3.8) is 0 Å². The fraction of sp³-hybridized carbons (Fsp3) is 0.333. The molecule has 0 spiro atoms. The Kier molecular flexibility index (Phi) is 11.7. The normalized spacial score (nSPS) is 11.5. The van der Waals surface area contributed by atoms with E-state index in [2.05, 4.69) is 4.72 Å². The molecular formula is C30H37N3O8S2. The highest BCUT2D eigenvalue weighted by molar-refractivity contribution is 7.92. The first kappa shape index (κ1) is 33.6. The van der Waals surface area contributed by atoms with Gasteiger partial charge in [-0.15, -0.1) is 0 Å². The van der Waals surface area contributed by atoms with Crippen LogP contribution >= 0.6 is 0 Å². The van der Waals surface area contributed by atoms with Gasteiger partial charge in [0.15, 0.2) is 0 Å². The highest BCUT2D eigenvalue weighted by Crippen LogP contribution is 2.28. The quantitative estimate of drug-likeness (QED) is 0.152. The van der Waals surface area contributed by atoms with Gasteiger partial charge in [0.2, 0.25) is 0 Å². The van der Waals surface area contributed by atoms with E-state index in [9.17, 15) is 21.6 Å². The Hall–Kier alpha value is -3.94. The van der Waals surface area contributed by atoms with Gasteiger partial charge in [-0.2, -0.15) is 8.42 Å². The molecule has 0 bridgehead atoms. The van der Waals surface area contributed by atoms with E-state index in [1.807, 2.05) is 31.2 Å². The second-order valence-corrected chi connectivity index (χ2v) is 13.0. The van der Waals surface area contributed by atoms with Crippen molar-refractivity contribution in [2.24, 2.45) is 5.73 Å². The summed E-state index contributed by atoms with van der Waals surface area (Å²) in [6.45, 7) is 1.87. The number of carbonyl (C=O) groups excluding carboxylic acids is 1. The lowest BCUT2D eigenvalue weighted by atomic mass is 10.0. The highest BCUT2D eigenvalue weighted by atomic mass is 32.2. The molecule has 0 amide bonds. The Labute approximate surface area is 253 Å². The number of methoxy groups -OCH3 is 2. The fourth-order valence-electron chi connectivity index (χ4n) is 4.29. The van der Waals surface area contributed by atoms with Crippen molar-refractivity contribution in [2.45, 2.75) is 56.2 Å². The number of rotatable bonds is 16. The first-order valence-electron chi connectivity index (χ1n) is 13.6. The number of anilines is 1. The highest BCUT2D eigenvalue weighted by Gasteiger charge is 2.22. The van der Waals surface area contributed by atoms with Gasteiger partial charge in [-0.3, -0.25) is 9.52 Å². The number of ether oxygens (including phenoxy) is 2. The van der Waals surface area contributed by atoms with Gasteiger partial charge in [-0.25, -0.2) is 8.42 Å². The second kappa shape index (κ2) is 15.0. The molecule has 43 heavy (non-hydrogen) atoms. The van der Waals surface area contributed by atoms with Crippen molar-refractivity contribution < 1.29 is 35.3 Å². The van der Waals surface area contributed by atoms with Crippen LogP contribution in [-0.2, 0) is 47.8 Å². The predicted octanol–water partition coefficient (Wildman–Crippen LogP) is 4.53. The number of nitrogens with two attached hydrogens (primary N) is 1. The van der Waals surface area contributed by atoms with E-state index in [0.717, 1.165) is 17.5 Å².